The largest absolute Gasteiger partial charge is 0.493 e. The van der Waals surface area contributed by atoms with Gasteiger partial charge in [0, 0.05) is 49.0 Å². The monoisotopic (exact) mass is 678 g/mol. The highest BCUT2D eigenvalue weighted by atomic mass is 16.6. The molecule has 2 amide bonds. The zero-order chi connectivity index (χ0) is 34.9. The lowest BCUT2D eigenvalue weighted by molar-refractivity contribution is -0.132. The van der Waals surface area contributed by atoms with Crippen LogP contribution >= 0.6 is 0 Å². The molecule has 2 saturated heterocycles. The molecule has 13 nitrogen and oxygen atoms in total. The summed E-state index contributed by atoms with van der Waals surface area (Å²) in [4.78, 5) is 59.5. The number of rotatable bonds is 13. The first-order chi connectivity index (χ1) is 23.5. The SMILES string of the molecule is COc1ccc2c3c1O[C@@H]1C(OC(=O)N4CCCC[C@@H]4CNC(=O)[C@H](CCCN=C(N)N)CC(=O)CC(C)=O)=CCC4[C@@H](C2)N(C)CC[C@@]341. The van der Waals surface area contributed by atoms with Gasteiger partial charge >= 0.3 is 6.09 Å². The number of hydrogen-bond donors (Lipinski definition) is 3. The molecule has 1 aromatic rings. The molecule has 1 aromatic carbocycles. The van der Waals surface area contributed by atoms with Crippen molar-refractivity contribution in [1.29, 1.82) is 0 Å². The number of amides is 2. The van der Waals surface area contributed by atoms with Crippen LogP contribution in [-0.2, 0) is 31.0 Å². The van der Waals surface area contributed by atoms with Crippen molar-refractivity contribution in [2.45, 2.75) is 94.7 Å². The zero-order valence-corrected chi connectivity index (χ0v) is 28.9. The van der Waals surface area contributed by atoms with Crippen LogP contribution in [0.2, 0.25) is 0 Å². The predicted molar refractivity (Wildman–Crippen MR) is 182 cm³/mol. The van der Waals surface area contributed by atoms with Gasteiger partial charge in [0.1, 0.15) is 17.3 Å². The Morgan fingerprint density at radius 1 is 1.18 bits per heavy atom. The lowest BCUT2D eigenvalue weighted by Gasteiger charge is -2.56. The first kappa shape index (κ1) is 34.7. The Morgan fingerprint density at radius 2 is 2.00 bits per heavy atom. The van der Waals surface area contributed by atoms with E-state index in [-0.39, 0.29) is 54.3 Å². The van der Waals surface area contributed by atoms with Crippen LogP contribution < -0.4 is 26.3 Å². The summed E-state index contributed by atoms with van der Waals surface area (Å²) in [5.41, 5.74) is 13.1. The number of carbonyl (C=O) groups is 4. The van der Waals surface area contributed by atoms with E-state index >= 15 is 0 Å². The number of likely N-dealkylation sites (N-methyl/N-ethyl adjacent to an activating group) is 1. The summed E-state index contributed by atoms with van der Waals surface area (Å²) in [6, 6.07) is 4.25. The number of nitrogens with two attached hydrogens (primary N) is 2. The van der Waals surface area contributed by atoms with Gasteiger partial charge in [0.25, 0.3) is 0 Å². The molecule has 266 valence electrons. The van der Waals surface area contributed by atoms with Gasteiger partial charge in [-0.1, -0.05) is 6.07 Å². The molecule has 5 aliphatic rings. The molecule has 6 atom stereocenters. The topological polar surface area (TPSA) is 179 Å². The number of Topliss-reactive ketones (excluding diaryl/α,β-unsaturated/α-hetero) is 2. The van der Waals surface area contributed by atoms with E-state index in [1.165, 1.54) is 18.1 Å². The number of piperidine rings is 2. The maximum Gasteiger partial charge on any atom is 0.415 e. The van der Waals surface area contributed by atoms with Gasteiger partial charge in [0.15, 0.2) is 23.6 Å². The summed E-state index contributed by atoms with van der Waals surface area (Å²) in [6.07, 6.45) is 6.90. The van der Waals surface area contributed by atoms with Crippen LogP contribution in [0.3, 0.4) is 0 Å². The molecule has 49 heavy (non-hydrogen) atoms. The highest BCUT2D eigenvalue weighted by molar-refractivity contribution is 5.99. The van der Waals surface area contributed by atoms with Crippen LogP contribution in [-0.4, -0.2) is 97.9 Å². The molecule has 13 heteroatoms. The van der Waals surface area contributed by atoms with Gasteiger partial charge in [-0.3, -0.25) is 19.4 Å². The number of ketones is 2. The first-order valence-electron chi connectivity index (χ1n) is 17.6. The number of carbonyl (C=O) groups excluding carboxylic acids is 4. The van der Waals surface area contributed by atoms with Crippen molar-refractivity contribution in [3.63, 3.8) is 0 Å². The molecule has 0 radical (unpaired) electrons. The molecule has 5 N–H and O–H groups in total. The van der Waals surface area contributed by atoms with Crippen LogP contribution in [0.1, 0.15) is 75.8 Å². The fourth-order valence-corrected chi connectivity index (χ4v) is 9.04. The van der Waals surface area contributed by atoms with Crippen LogP contribution in [0.15, 0.2) is 29.0 Å². The lowest BCUT2D eigenvalue weighted by atomic mass is 9.53. The minimum Gasteiger partial charge on any atom is -0.493 e. The maximum absolute atomic E-state index is 14.0. The Morgan fingerprint density at radius 3 is 2.76 bits per heavy atom. The van der Waals surface area contributed by atoms with Crippen LogP contribution in [0, 0.1) is 11.8 Å². The number of methoxy groups -OCH3 is 1. The summed E-state index contributed by atoms with van der Waals surface area (Å²) in [7, 11) is 3.86. The number of nitrogens with one attached hydrogen (secondary N) is 1. The van der Waals surface area contributed by atoms with E-state index in [0.717, 1.165) is 44.4 Å². The van der Waals surface area contributed by atoms with Gasteiger partial charge in [-0.2, -0.15) is 0 Å². The van der Waals surface area contributed by atoms with Crippen molar-refractivity contribution in [3.8, 4) is 11.5 Å². The van der Waals surface area contributed by atoms with E-state index in [4.69, 9.17) is 25.7 Å². The van der Waals surface area contributed by atoms with Gasteiger partial charge in [-0.15, -0.1) is 0 Å². The van der Waals surface area contributed by atoms with Crippen molar-refractivity contribution in [1.82, 2.24) is 15.1 Å². The number of guanidine groups is 1. The highest BCUT2D eigenvalue weighted by Crippen LogP contribution is 2.63. The van der Waals surface area contributed by atoms with E-state index in [9.17, 15) is 19.2 Å². The molecule has 0 saturated carbocycles. The Balaban J connectivity index is 1.15. The van der Waals surface area contributed by atoms with Crippen molar-refractivity contribution in [2.24, 2.45) is 28.3 Å². The molecule has 0 aromatic heterocycles. The first-order valence-corrected chi connectivity index (χ1v) is 17.6. The van der Waals surface area contributed by atoms with E-state index in [0.29, 0.717) is 55.8 Å². The van der Waals surface area contributed by atoms with Crippen molar-refractivity contribution in [3.05, 3.63) is 35.1 Å². The number of benzene rings is 1. The molecule has 6 rings (SSSR count). The minimum absolute atomic E-state index is 0.0378. The smallest absolute Gasteiger partial charge is 0.415 e. The highest BCUT2D eigenvalue weighted by Gasteiger charge is 2.65. The Bertz CT molecular complexity index is 1540. The summed E-state index contributed by atoms with van der Waals surface area (Å²) >= 11 is 0. The van der Waals surface area contributed by atoms with Gasteiger partial charge < -0.3 is 40.8 Å². The fraction of sp³-hybridized carbons (Fsp3) is 0.639. The third kappa shape index (κ3) is 6.73. The van der Waals surface area contributed by atoms with Gasteiger partial charge in [0.05, 0.1) is 19.6 Å². The van der Waals surface area contributed by atoms with Gasteiger partial charge in [-0.25, -0.2) is 4.79 Å². The lowest BCUT2D eigenvalue weighted by Crippen LogP contribution is -2.63. The van der Waals surface area contributed by atoms with Crippen LogP contribution in [0.25, 0.3) is 0 Å². The van der Waals surface area contributed by atoms with E-state index in [2.05, 4.69) is 28.3 Å². The number of aliphatic imine (C=N–C) groups is 1. The number of ether oxygens (including phenoxy) is 3. The molecule has 1 spiro atoms. The second kappa shape index (κ2) is 14.4. The quantitative estimate of drug-likeness (QED) is 0.122. The van der Waals surface area contributed by atoms with E-state index in [1.807, 2.05) is 12.1 Å². The number of nitrogens with zero attached hydrogens (tertiary/aromatic N) is 3. The van der Waals surface area contributed by atoms with E-state index < -0.39 is 18.1 Å². The summed E-state index contributed by atoms with van der Waals surface area (Å²) < 4.78 is 18.8. The summed E-state index contributed by atoms with van der Waals surface area (Å²) in [5, 5.41) is 2.99. The molecular weight excluding hydrogens is 628 g/mol. The normalized spacial score (nSPS) is 27.2. The zero-order valence-electron chi connectivity index (χ0n) is 28.9. The van der Waals surface area contributed by atoms with Crippen molar-refractivity contribution in [2.75, 3.05) is 40.3 Å². The third-order valence-corrected chi connectivity index (χ3v) is 11.3. The van der Waals surface area contributed by atoms with Gasteiger partial charge in [0.2, 0.25) is 5.91 Å². The third-order valence-electron chi connectivity index (χ3n) is 11.3. The molecule has 2 aliphatic carbocycles. The summed E-state index contributed by atoms with van der Waals surface area (Å²) in [6.45, 7) is 3.35. The Hall–Kier alpha value is -4.13. The number of allylic oxidation sites excluding steroid dienone is 1. The van der Waals surface area contributed by atoms with Crippen molar-refractivity contribution < 1.29 is 33.4 Å². The molecule has 3 heterocycles. The van der Waals surface area contributed by atoms with Crippen LogP contribution in [0.4, 0.5) is 4.79 Å². The molecule has 3 aliphatic heterocycles. The Kier molecular flexibility index (Phi) is 10.2. The Labute approximate surface area is 287 Å². The maximum atomic E-state index is 14.0. The van der Waals surface area contributed by atoms with Crippen LogP contribution in [0.5, 0.6) is 11.5 Å². The van der Waals surface area contributed by atoms with Gasteiger partial charge in [-0.05, 0) is 95.5 Å². The predicted octanol–water partition coefficient (Wildman–Crippen LogP) is 2.57. The second-order valence-electron chi connectivity index (χ2n) is 14.3. The molecule has 1 unspecified atom stereocenters. The number of hydrogen-bond acceptors (Lipinski definition) is 9. The molecule has 2 bridgehead atoms. The van der Waals surface area contributed by atoms with E-state index in [1.54, 1.807) is 12.0 Å². The number of likely N-dealkylation sites (tertiary alicyclic amines) is 2. The fourth-order valence-electron chi connectivity index (χ4n) is 9.04. The minimum atomic E-state index is -0.637. The average Bonchev–Trinajstić information content (AvgIpc) is 3.42. The van der Waals surface area contributed by atoms with Crippen molar-refractivity contribution >= 4 is 29.5 Å². The summed E-state index contributed by atoms with van der Waals surface area (Å²) in [5.74, 6) is 0.872. The second-order valence-corrected chi connectivity index (χ2v) is 14.3. The molecule has 2 fully saturated rings. The standard InChI is InChI=1S/C36H50N6O7/c1-21(43)17-25(44)18-23(7-6-14-39-34(37)38)33(45)40-20-24-8-4-5-15-42(24)35(46)48-29-12-10-26-27-19-22-9-11-28(47-3)31-30(22)36(26,32(29)49-31)13-16-41(27)2/h9,11-12,23-24,26-27,32H,4-8,10,13-20H2,1-3H3,(H,40,45)(H4,37,38,39)/t23-,24-,26?,27-,32-,36+/m1/s1. The molecular formula is C36H50N6O7. The average molecular weight is 679 g/mol.